The van der Waals surface area contributed by atoms with E-state index in [1.807, 2.05) is 0 Å². The van der Waals surface area contributed by atoms with Gasteiger partial charge in [0.05, 0.1) is 0 Å². The van der Waals surface area contributed by atoms with Crippen molar-refractivity contribution in [3.8, 4) is 0 Å². The average Bonchev–Trinajstić information content (AvgIpc) is 2.00. The summed E-state index contributed by atoms with van der Waals surface area (Å²) in [5.41, 5.74) is 0. The van der Waals surface area contributed by atoms with Crippen LogP contribution >= 0.6 is 0 Å². The first kappa shape index (κ1) is 15.0. The highest BCUT2D eigenvalue weighted by Crippen LogP contribution is 2.40. The number of nitrogens with zero attached hydrogens (tertiary/aromatic N) is 1. The predicted molar refractivity (Wildman–Crippen MR) is 43.5 cm³/mol. The smallest absolute Gasteiger partial charge is 0.342 e. The van der Waals surface area contributed by atoms with Crippen molar-refractivity contribution < 1.29 is 31.1 Å². The van der Waals surface area contributed by atoms with E-state index >= 15 is 0 Å². The molecule has 8 heteroatoms. The number of halogens is 6. The summed E-state index contributed by atoms with van der Waals surface area (Å²) in [4.78, 5) is 11.6. The molecule has 2 nitrogen and oxygen atoms in total. The highest BCUT2D eigenvalue weighted by Gasteiger charge is 2.61. The summed E-state index contributed by atoms with van der Waals surface area (Å²) in [6.45, 7) is 2.23. The molecular formula is C8H11F6NO. The summed E-state index contributed by atoms with van der Waals surface area (Å²) in [5, 5.41) is 0. The van der Waals surface area contributed by atoms with Gasteiger partial charge in [0.25, 0.3) is 0 Å². The van der Waals surface area contributed by atoms with E-state index in [9.17, 15) is 31.1 Å². The lowest BCUT2D eigenvalue weighted by Gasteiger charge is -2.27. The van der Waals surface area contributed by atoms with Gasteiger partial charge in [-0.05, 0) is 13.8 Å². The Hall–Kier alpha value is -0.950. The van der Waals surface area contributed by atoms with E-state index in [-0.39, 0.29) is 13.1 Å². The number of alkyl halides is 6. The highest BCUT2D eigenvalue weighted by molar-refractivity contribution is 5.80. The van der Waals surface area contributed by atoms with Crippen molar-refractivity contribution in [2.45, 2.75) is 26.2 Å². The van der Waals surface area contributed by atoms with Gasteiger partial charge in [-0.25, -0.2) is 0 Å². The fourth-order valence-corrected chi connectivity index (χ4v) is 1.18. The van der Waals surface area contributed by atoms with Crippen LogP contribution in [0.4, 0.5) is 26.3 Å². The Morgan fingerprint density at radius 1 is 1.00 bits per heavy atom. The van der Waals surface area contributed by atoms with Gasteiger partial charge in [0, 0.05) is 13.1 Å². The van der Waals surface area contributed by atoms with Gasteiger partial charge in [-0.2, -0.15) is 26.3 Å². The maximum absolute atomic E-state index is 12.1. The van der Waals surface area contributed by atoms with Gasteiger partial charge in [0.2, 0.25) is 11.8 Å². The lowest BCUT2D eigenvalue weighted by Crippen LogP contribution is -2.49. The van der Waals surface area contributed by atoms with Gasteiger partial charge in [0.15, 0.2) is 0 Å². The molecule has 0 aromatic rings. The van der Waals surface area contributed by atoms with E-state index < -0.39 is 24.2 Å². The highest BCUT2D eigenvalue weighted by atomic mass is 19.4. The zero-order valence-corrected chi connectivity index (χ0v) is 8.61. The molecule has 0 aromatic heterocycles. The third-order valence-corrected chi connectivity index (χ3v) is 1.98. The van der Waals surface area contributed by atoms with Gasteiger partial charge in [-0.3, -0.25) is 4.79 Å². The number of hydrogen-bond acceptors (Lipinski definition) is 1. The molecule has 0 heterocycles. The third kappa shape index (κ3) is 3.57. The minimum atomic E-state index is -5.61. The molecule has 1 amide bonds. The minimum absolute atomic E-state index is 0.196. The Balaban J connectivity index is 5.15. The molecule has 0 bridgehead atoms. The lowest BCUT2D eigenvalue weighted by atomic mass is 10.1. The summed E-state index contributed by atoms with van der Waals surface area (Å²) >= 11 is 0. The quantitative estimate of drug-likeness (QED) is 0.706. The largest absolute Gasteiger partial charge is 0.409 e. The third-order valence-electron chi connectivity index (χ3n) is 1.98. The number of amides is 1. The molecule has 0 saturated heterocycles. The Bertz CT molecular complexity index is 228. The van der Waals surface area contributed by atoms with Crippen molar-refractivity contribution in [2.75, 3.05) is 13.1 Å². The van der Waals surface area contributed by atoms with Crippen molar-refractivity contribution in [3.05, 3.63) is 0 Å². The second kappa shape index (κ2) is 4.92. The van der Waals surface area contributed by atoms with Crippen molar-refractivity contribution in [2.24, 2.45) is 5.92 Å². The molecule has 0 fully saturated rings. The van der Waals surface area contributed by atoms with E-state index in [0.717, 1.165) is 0 Å². The monoisotopic (exact) mass is 251 g/mol. The molecular weight excluding hydrogens is 240 g/mol. The van der Waals surface area contributed by atoms with Crippen LogP contribution in [0.3, 0.4) is 0 Å². The SMILES string of the molecule is CCN(CC)C(=O)C(C(F)(F)F)C(F)(F)F. The molecule has 0 unspecified atom stereocenters. The summed E-state index contributed by atoms with van der Waals surface area (Å²) in [7, 11) is 0. The van der Waals surface area contributed by atoms with Crippen molar-refractivity contribution in [1.82, 2.24) is 4.90 Å². The number of rotatable bonds is 3. The molecule has 0 saturated carbocycles. The van der Waals surface area contributed by atoms with Crippen molar-refractivity contribution >= 4 is 5.91 Å². The van der Waals surface area contributed by atoms with Gasteiger partial charge in [0.1, 0.15) is 0 Å². The molecule has 0 radical (unpaired) electrons. The van der Waals surface area contributed by atoms with Crippen molar-refractivity contribution in [3.63, 3.8) is 0 Å². The topological polar surface area (TPSA) is 20.3 Å². The van der Waals surface area contributed by atoms with E-state index in [1.54, 1.807) is 0 Å². The first-order valence-electron chi connectivity index (χ1n) is 4.47. The molecule has 0 aliphatic heterocycles. The van der Waals surface area contributed by atoms with Crippen molar-refractivity contribution in [1.29, 1.82) is 0 Å². The minimum Gasteiger partial charge on any atom is -0.342 e. The van der Waals surface area contributed by atoms with Crippen LogP contribution < -0.4 is 0 Å². The molecule has 16 heavy (non-hydrogen) atoms. The standard InChI is InChI=1S/C8H11F6NO/c1-3-15(4-2)6(16)5(7(9,10)11)8(12,13)14/h5H,3-4H2,1-2H3. The summed E-state index contributed by atoms with van der Waals surface area (Å²) in [6.07, 6.45) is -11.2. The second-order valence-electron chi connectivity index (χ2n) is 3.03. The predicted octanol–water partition coefficient (Wildman–Crippen LogP) is 2.60. The lowest BCUT2D eigenvalue weighted by molar-refractivity contribution is -0.277. The molecule has 0 atom stereocenters. The maximum Gasteiger partial charge on any atom is 0.409 e. The van der Waals surface area contributed by atoms with E-state index in [0.29, 0.717) is 4.90 Å². The van der Waals surface area contributed by atoms with Crippen LogP contribution in [0, 0.1) is 5.92 Å². The first-order chi connectivity index (χ1) is 7.05. The first-order valence-corrected chi connectivity index (χ1v) is 4.47. The van der Waals surface area contributed by atoms with Crippen LogP contribution in [-0.4, -0.2) is 36.2 Å². The van der Waals surface area contributed by atoms with Crippen LogP contribution in [0.15, 0.2) is 0 Å². The van der Waals surface area contributed by atoms with E-state index in [1.165, 1.54) is 13.8 Å². The van der Waals surface area contributed by atoms with Crippen LogP contribution in [-0.2, 0) is 4.79 Å². The molecule has 0 aliphatic carbocycles. The Morgan fingerprint density at radius 2 is 1.31 bits per heavy atom. The van der Waals surface area contributed by atoms with Gasteiger partial charge < -0.3 is 4.90 Å². The van der Waals surface area contributed by atoms with Crippen LogP contribution in [0.5, 0.6) is 0 Å². The molecule has 0 N–H and O–H groups in total. The van der Waals surface area contributed by atoms with E-state index in [4.69, 9.17) is 0 Å². The molecule has 96 valence electrons. The van der Waals surface area contributed by atoms with Gasteiger partial charge in [-0.1, -0.05) is 0 Å². The van der Waals surface area contributed by atoms with Gasteiger partial charge >= 0.3 is 12.4 Å². The van der Waals surface area contributed by atoms with Crippen LogP contribution in [0.2, 0.25) is 0 Å². The van der Waals surface area contributed by atoms with E-state index in [2.05, 4.69) is 0 Å². The fourth-order valence-electron chi connectivity index (χ4n) is 1.18. The molecule has 0 aliphatic rings. The molecule has 0 spiro atoms. The number of carbonyl (C=O) groups is 1. The molecule has 0 aromatic carbocycles. The summed E-state index contributed by atoms with van der Waals surface area (Å²) in [6, 6.07) is 0. The Kier molecular flexibility index (Phi) is 4.63. The Morgan fingerprint density at radius 3 is 1.50 bits per heavy atom. The number of hydrogen-bond donors (Lipinski definition) is 0. The summed E-state index contributed by atoms with van der Waals surface area (Å²) in [5.74, 6) is -5.88. The van der Waals surface area contributed by atoms with Gasteiger partial charge in [-0.15, -0.1) is 0 Å². The zero-order chi connectivity index (χ0) is 13.1. The zero-order valence-electron chi connectivity index (χ0n) is 8.61. The maximum atomic E-state index is 12.1. The van der Waals surface area contributed by atoms with Crippen LogP contribution in [0.1, 0.15) is 13.8 Å². The summed E-state index contributed by atoms with van der Waals surface area (Å²) < 4.78 is 72.8. The number of carbonyl (C=O) groups excluding carboxylic acids is 1. The van der Waals surface area contributed by atoms with Crippen LogP contribution in [0.25, 0.3) is 0 Å². The molecule has 0 rings (SSSR count). The average molecular weight is 251 g/mol. The normalized spacial score (nSPS) is 13.1. The second-order valence-corrected chi connectivity index (χ2v) is 3.03. The fraction of sp³-hybridized carbons (Fsp3) is 0.875. The Labute approximate surface area is 88.2 Å².